The molecule has 0 bridgehead atoms. The average Bonchev–Trinajstić information content (AvgIpc) is 2.37. The molecular formula is C15H19F4N3O2. The van der Waals surface area contributed by atoms with Gasteiger partial charge in [-0.25, -0.2) is 9.18 Å². The maximum atomic E-state index is 13.5. The molecule has 1 unspecified atom stereocenters. The number of hydrogen-bond acceptors (Lipinski definition) is 2. The van der Waals surface area contributed by atoms with Gasteiger partial charge < -0.3 is 16.0 Å². The van der Waals surface area contributed by atoms with Gasteiger partial charge in [-0.15, -0.1) is 0 Å². The first-order chi connectivity index (χ1) is 10.8. The molecule has 1 aromatic rings. The first-order valence-electron chi connectivity index (χ1n) is 7.06. The Morgan fingerprint density at radius 3 is 2.21 bits per heavy atom. The lowest BCUT2D eigenvalue weighted by Crippen LogP contribution is -2.51. The van der Waals surface area contributed by atoms with Crippen molar-refractivity contribution in [1.29, 1.82) is 0 Å². The third-order valence-corrected chi connectivity index (χ3v) is 2.78. The molecule has 3 N–H and O–H groups in total. The van der Waals surface area contributed by atoms with Crippen LogP contribution in [0.4, 0.5) is 28.0 Å². The van der Waals surface area contributed by atoms with Gasteiger partial charge in [0.25, 0.3) is 0 Å². The van der Waals surface area contributed by atoms with E-state index >= 15 is 0 Å². The van der Waals surface area contributed by atoms with Crippen molar-refractivity contribution in [3.05, 3.63) is 29.6 Å². The van der Waals surface area contributed by atoms with Crippen molar-refractivity contribution in [2.24, 2.45) is 0 Å². The smallest absolute Gasteiger partial charge is 0.350 e. The fraction of sp³-hybridized carbons (Fsp3) is 0.467. The summed E-state index contributed by atoms with van der Waals surface area (Å²) < 4.78 is 51.4. The molecule has 0 saturated heterocycles. The molecule has 0 aliphatic rings. The lowest BCUT2D eigenvalue weighted by atomic mass is 10.1. The van der Waals surface area contributed by atoms with Crippen LogP contribution >= 0.6 is 0 Å². The number of rotatable bonds is 3. The van der Waals surface area contributed by atoms with E-state index in [9.17, 15) is 27.2 Å². The van der Waals surface area contributed by atoms with Crippen LogP contribution in [-0.2, 0) is 11.0 Å². The SMILES string of the molecule is CC(NC(=O)Nc1cc(C(F)(F)F)ccc1F)C(=O)NC(C)(C)C. The van der Waals surface area contributed by atoms with Gasteiger partial charge in [-0.2, -0.15) is 13.2 Å². The van der Waals surface area contributed by atoms with Crippen LogP contribution in [0.2, 0.25) is 0 Å². The van der Waals surface area contributed by atoms with Crippen molar-refractivity contribution in [2.75, 3.05) is 5.32 Å². The molecular weight excluding hydrogens is 330 g/mol. The second kappa shape index (κ2) is 7.06. The zero-order valence-corrected chi connectivity index (χ0v) is 13.6. The summed E-state index contributed by atoms with van der Waals surface area (Å²) in [6.45, 7) is 6.63. The molecule has 0 aliphatic heterocycles. The van der Waals surface area contributed by atoms with Crippen molar-refractivity contribution in [2.45, 2.75) is 45.5 Å². The maximum Gasteiger partial charge on any atom is 0.416 e. The maximum absolute atomic E-state index is 13.5. The number of hydrogen-bond donors (Lipinski definition) is 3. The molecule has 1 aromatic carbocycles. The Bertz CT molecular complexity index is 624. The topological polar surface area (TPSA) is 70.2 Å². The summed E-state index contributed by atoms with van der Waals surface area (Å²) in [4.78, 5) is 23.6. The third kappa shape index (κ3) is 6.05. The molecule has 5 nitrogen and oxygen atoms in total. The molecule has 0 fully saturated rings. The molecule has 0 aromatic heterocycles. The monoisotopic (exact) mass is 349 g/mol. The highest BCUT2D eigenvalue weighted by atomic mass is 19.4. The minimum Gasteiger partial charge on any atom is -0.350 e. The lowest BCUT2D eigenvalue weighted by Gasteiger charge is -2.23. The van der Waals surface area contributed by atoms with Gasteiger partial charge in [0, 0.05) is 5.54 Å². The van der Waals surface area contributed by atoms with Crippen LogP contribution in [0.3, 0.4) is 0 Å². The third-order valence-electron chi connectivity index (χ3n) is 2.78. The summed E-state index contributed by atoms with van der Waals surface area (Å²) in [6.07, 6.45) is -4.67. The van der Waals surface area contributed by atoms with Crippen molar-refractivity contribution in [3.63, 3.8) is 0 Å². The Morgan fingerprint density at radius 2 is 1.71 bits per heavy atom. The number of carbonyl (C=O) groups excluding carboxylic acids is 2. The predicted octanol–water partition coefficient (Wildman–Crippen LogP) is 3.27. The molecule has 0 saturated carbocycles. The van der Waals surface area contributed by atoms with Crippen LogP contribution in [0.5, 0.6) is 0 Å². The van der Waals surface area contributed by atoms with E-state index in [-0.39, 0.29) is 0 Å². The minimum absolute atomic E-state index is 0.481. The van der Waals surface area contributed by atoms with Crippen molar-refractivity contribution in [1.82, 2.24) is 10.6 Å². The van der Waals surface area contributed by atoms with Crippen LogP contribution < -0.4 is 16.0 Å². The lowest BCUT2D eigenvalue weighted by molar-refractivity contribution is -0.137. The standard InChI is InChI=1S/C15H19F4N3O2/c1-8(12(23)22-14(2,3)4)20-13(24)21-11-7-9(15(17,18)19)5-6-10(11)16/h5-8H,1-4H3,(H,22,23)(H2,20,21,24). The summed E-state index contributed by atoms with van der Waals surface area (Å²) in [6, 6.07) is -0.302. The van der Waals surface area contributed by atoms with E-state index in [0.717, 1.165) is 0 Å². The highest BCUT2D eigenvalue weighted by molar-refractivity contribution is 5.93. The van der Waals surface area contributed by atoms with Gasteiger partial charge >= 0.3 is 12.2 Å². The van der Waals surface area contributed by atoms with E-state index in [1.165, 1.54) is 6.92 Å². The molecule has 0 aliphatic carbocycles. The summed E-state index contributed by atoms with van der Waals surface area (Å²) >= 11 is 0. The van der Waals surface area contributed by atoms with E-state index in [1.54, 1.807) is 20.8 Å². The van der Waals surface area contributed by atoms with Gasteiger partial charge in [0.1, 0.15) is 11.9 Å². The average molecular weight is 349 g/mol. The van der Waals surface area contributed by atoms with Crippen LogP contribution in [0.15, 0.2) is 18.2 Å². The number of benzene rings is 1. The molecule has 134 valence electrons. The van der Waals surface area contributed by atoms with Crippen LogP contribution in [0, 0.1) is 5.82 Å². The molecule has 3 amide bonds. The fourth-order valence-corrected chi connectivity index (χ4v) is 1.70. The predicted molar refractivity (Wildman–Crippen MR) is 80.9 cm³/mol. The summed E-state index contributed by atoms with van der Waals surface area (Å²) in [5.41, 5.74) is -2.25. The van der Waals surface area contributed by atoms with Crippen molar-refractivity contribution >= 4 is 17.6 Å². The number of nitrogens with one attached hydrogen (secondary N) is 3. The second-order valence-electron chi connectivity index (χ2n) is 6.25. The Kier molecular flexibility index (Phi) is 5.80. The van der Waals surface area contributed by atoms with Gasteiger partial charge in [0.15, 0.2) is 0 Å². The molecule has 24 heavy (non-hydrogen) atoms. The van der Waals surface area contributed by atoms with E-state index in [2.05, 4.69) is 10.6 Å². The van der Waals surface area contributed by atoms with Crippen molar-refractivity contribution in [3.8, 4) is 0 Å². The quantitative estimate of drug-likeness (QED) is 0.733. The highest BCUT2D eigenvalue weighted by Gasteiger charge is 2.31. The molecule has 0 spiro atoms. The Morgan fingerprint density at radius 1 is 1.12 bits per heavy atom. The number of anilines is 1. The van der Waals surface area contributed by atoms with E-state index in [0.29, 0.717) is 18.2 Å². The van der Waals surface area contributed by atoms with Crippen LogP contribution in [-0.4, -0.2) is 23.5 Å². The zero-order valence-electron chi connectivity index (χ0n) is 13.6. The molecule has 0 heterocycles. The number of halogens is 4. The van der Waals surface area contributed by atoms with Crippen molar-refractivity contribution < 1.29 is 27.2 Å². The summed E-state index contributed by atoms with van der Waals surface area (Å²) in [5, 5.41) is 6.82. The molecule has 1 rings (SSSR count). The minimum atomic E-state index is -4.67. The van der Waals surface area contributed by atoms with E-state index in [4.69, 9.17) is 0 Å². The number of urea groups is 1. The van der Waals surface area contributed by atoms with E-state index < -0.39 is 46.8 Å². The van der Waals surface area contributed by atoms with Gasteiger partial charge in [0.2, 0.25) is 5.91 Å². The zero-order chi connectivity index (χ0) is 18.7. The van der Waals surface area contributed by atoms with Gasteiger partial charge in [-0.3, -0.25) is 4.79 Å². The Labute approximate surface area is 136 Å². The largest absolute Gasteiger partial charge is 0.416 e. The van der Waals surface area contributed by atoms with E-state index in [1.807, 2.05) is 5.32 Å². The Balaban J connectivity index is 2.76. The summed E-state index contributed by atoms with van der Waals surface area (Å²) in [5.74, 6) is -1.51. The normalized spacial score (nSPS) is 13.2. The summed E-state index contributed by atoms with van der Waals surface area (Å²) in [7, 11) is 0. The van der Waals surface area contributed by atoms with Gasteiger partial charge in [0.05, 0.1) is 11.3 Å². The fourth-order valence-electron chi connectivity index (χ4n) is 1.70. The number of amides is 3. The van der Waals surface area contributed by atoms with Crippen LogP contribution in [0.1, 0.15) is 33.3 Å². The van der Waals surface area contributed by atoms with Gasteiger partial charge in [-0.05, 0) is 45.9 Å². The highest BCUT2D eigenvalue weighted by Crippen LogP contribution is 2.31. The second-order valence-corrected chi connectivity index (χ2v) is 6.25. The first kappa shape index (κ1) is 19.7. The molecule has 9 heteroatoms. The van der Waals surface area contributed by atoms with Gasteiger partial charge in [-0.1, -0.05) is 0 Å². The number of carbonyl (C=O) groups is 2. The molecule has 1 atom stereocenters. The Hall–Kier alpha value is -2.32. The molecule has 0 radical (unpaired) electrons. The first-order valence-corrected chi connectivity index (χ1v) is 7.06. The van der Waals surface area contributed by atoms with Crippen LogP contribution in [0.25, 0.3) is 0 Å². The number of alkyl halides is 3.